The van der Waals surface area contributed by atoms with Crippen LogP contribution in [0.5, 0.6) is 11.5 Å². The Bertz CT molecular complexity index is 1400. The van der Waals surface area contributed by atoms with Gasteiger partial charge in [0, 0.05) is 42.8 Å². The Morgan fingerprint density at radius 2 is 1.45 bits per heavy atom. The average molecular weight is 581 g/mol. The van der Waals surface area contributed by atoms with Gasteiger partial charge in [0.1, 0.15) is 17.2 Å². The molecule has 0 aliphatic heterocycles. The molecule has 0 unspecified atom stereocenters. The number of hydrogen-bond acceptors (Lipinski definition) is 6. The van der Waals surface area contributed by atoms with Crippen LogP contribution < -0.4 is 20.7 Å². The van der Waals surface area contributed by atoms with Gasteiger partial charge in [0.15, 0.2) is 0 Å². The van der Waals surface area contributed by atoms with E-state index in [4.69, 9.17) is 26.6 Å². The van der Waals surface area contributed by atoms with Gasteiger partial charge in [-0.3, -0.25) is 9.78 Å². The first-order chi connectivity index (χ1) is 18.8. The van der Waals surface area contributed by atoms with Gasteiger partial charge in [0.2, 0.25) is 0 Å². The molecule has 11 nitrogen and oxygen atoms in total. The predicted molar refractivity (Wildman–Crippen MR) is 138 cm³/mol. The molecule has 2 aromatic carbocycles. The van der Waals surface area contributed by atoms with Crippen molar-refractivity contribution in [2.45, 2.75) is 6.18 Å². The van der Waals surface area contributed by atoms with Crippen LogP contribution in [0.25, 0.3) is 0 Å². The van der Waals surface area contributed by atoms with Crippen LogP contribution in [-0.2, 0) is 15.8 Å². The highest BCUT2D eigenvalue weighted by molar-refractivity contribution is 6.31. The Morgan fingerprint density at radius 3 is 2.00 bits per heavy atom. The number of carboxylic acids is 2. The third kappa shape index (κ3) is 10.3. The fourth-order valence-electron chi connectivity index (χ4n) is 2.73. The summed E-state index contributed by atoms with van der Waals surface area (Å²) in [7, 11) is 1.49. The average Bonchev–Trinajstić information content (AvgIpc) is 2.89. The molecule has 40 heavy (non-hydrogen) atoms. The first-order valence-electron chi connectivity index (χ1n) is 10.8. The molecule has 1 aromatic heterocycles. The topological polar surface area (TPSA) is 167 Å². The molecule has 3 aromatic rings. The molecule has 0 saturated heterocycles. The van der Waals surface area contributed by atoms with Gasteiger partial charge < -0.3 is 30.9 Å². The molecule has 0 saturated carbocycles. The van der Waals surface area contributed by atoms with Crippen molar-refractivity contribution in [3.63, 3.8) is 0 Å². The first kappa shape index (κ1) is 31.1. The number of anilines is 2. The molecule has 0 fully saturated rings. The third-order valence-corrected chi connectivity index (χ3v) is 4.77. The molecule has 3 amide bonds. The minimum Gasteiger partial charge on any atom is -0.478 e. The van der Waals surface area contributed by atoms with Gasteiger partial charge in [-0.1, -0.05) is 11.6 Å². The summed E-state index contributed by atoms with van der Waals surface area (Å²) in [5.74, 6) is -2.05. The van der Waals surface area contributed by atoms with Crippen LogP contribution in [-0.4, -0.2) is 46.1 Å². The van der Waals surface area contributed by atoms with Crippen LogP contribution in [0, 0.1) is 0 Å². The molecule has 15 heteroatoms. The van der Waals surface area contributed by atoms with Crippen LogP contribution in [0.1, 0.15) is 16.1 Å². The summed E-state index contributed by atoms with van der Waals surface area (Å²) in [5, 5.41) is 22.5. The monoisotopic (exact) mass is 580 g/mol. The van der Waals surface area contributed by atoms with E-state index in [0.29, 0.717) is 29.3 Å². The lowest BCUT2D eigenvalue weighted by atomic mass is 10.2. The number of amides is 3. The number of alkyl halides is 3. The minimum absolute atomic E-state index is 0.0659. The lowest BCUT2D eigenvalue weighted by Crippen LogP contribution is -2.19. The second kappa shape index (κ2) is 14.2. The Kier molecular flexibility index (Phi) is 11.0. The number of aliphatic carboxylic acids is 2. The third-order valence-electron chi connectivity index (χ3n) is 4.44. The van der Waals surface area contributed by atoms with Gasteiger partial charge in [-0.2, -0.15) is 13.2 Å². The number of carbonyl (C=O) groups excluding carboxylic acids is 2. The van der Waals surface area contributed by atoms with E-state index in [1.165, 1.54) is 25.4 Å². The zero-order valence-electron chi connectivity index (χ0n) is 20.3. The number of ether oxygens (including phenoxy) is 1. The van der Waals surface area contributed by atoms with Crippen LogP contribution >= 0.6 is 11.6 Å². The highest BCUT2D eigenvalue weighted by atomic mass is 35.5. The van der Waals surface area contributed by atoms with Gasteiger partial charge in [0.25, 0.3) is 5.91 Å². The van der Waals surface area contributed by atoms with E-state index in [0.717, 1.165) is 12.1 Å². The molecule has 1 heterocycles. The normalized spacial score (nSPS) is 10.6. The number of carboxylic acid groups (broad SMARTS) is 2. The van der Waals surface area contributed by atoms with Crippen molar-refractivity contribution in [3.05, 3.63) is 89.2 Å². The number of rotatable bonds is 7. The number of nitrogens with one attached hydrogen (secondary N) is 3. The Balaban J connectivity index is 0.000000611. The molecule has 0 aliphatic rings. The molecule has 210 valence electrons. The molecule has 3 rings (SSSR count). The van der Waals surface area contributed by atoms with Crippen LogP contribution in [0.3, 0.4) is 0 Å². The number of halogens is 4. The van der Waals surface area contributed by atoms with Crippen LogP contribution in [0.4, 0.5) is 29.3 Å². The molecule has 0 aliphatic carbocycles. The molecule has 0 bridgehead atoms. The van der Waals surface area contributed by atoms with Crippen molar-refractivity contribution in [1.82, 2.24) is 10.3 Å². The molecule has 0 radical (unpaired) electrons. The second-order valence-electron chi connectivity index (χ2n) is 7.36. The highest BCUT2D eigenvalue weighted by Crippen LogP contribution is 2.36. The van der Waals surface area contributed by atoms with Crippen molar-refractivity contribution < 1.29 is 47.3 Å². The summed E-state index contributed by atoms with van der Waals surface area (Å²) in [6.07, 6.45) is -2.09. The molecule has 5 N–H and O–H groups in total. The first-order valence-corrected chi connectivity index (χ1v) is 11.2. The van der Waals surface area contributed by atoms with E-state index >= 15 is 0 Å². The molecular formula is C25H20ClF3N4O7. The van der Waals surface area contributed by atoms with E-state index in [1.807, 2.05) is 0 Å². The predicted octanol–water partition coefficient (Wildman–Crippen LogP) is 5.26. The Morgan fingerprint density at radius 1 is 0.875 bits per heavy atom. The summed E-state index contributed by atoms with van der Waals surface area (Å²) in [6.45, 7) is 0. The van der Waals surface area contributed by atoms with Crippen molar-refractivity contribution in [2.75, 3.05) is 17.7 Å². The largest absolute Gasteiger partial charge is 0.478 e. The fourth-order valence-corrected chi connectivity index (χ4v) is 2.95. The van der Waals surface area contributed by atoms with Gasteiger partial charge in [0.05, 0.1) is 10.6 Å². The zero-order valence-corrected chi connectivity index (χ0v) is 21.1. The lowest BCUT2D eigenvalue weighted by molar-refractivity contribution is -0.137. The van der Waals surface area contributed by atoms with Crippen molar-refractivity contribution in [3.8, 4) is 11.5 Å². The summed E-state index contributed by atoms with van der Waals surface area (Å²) in [6, 6.07) is 11.6. The Hall–Kier alpha value is -5.11. The molecular weight excluding hydrogens is 561 g/mol. The maximum absolute atomic E-state index is 12.9. The van der Waals surface area contributed by atoms with Crippen LogP contribution in [0.15, 0.2) is 72.9 Å². The number of benzene rings is 2. The van der Waals surface area contributed by atoms with E-state index in [9.17, 15) is 32.3 Å². The minimum atomic E-state index is -4.64. The summed E-state index contributed by atoms with van der Waals surface area (Å²) < 4.78 is 44.5. The summed E-state index contributed by atoms with van der Waals surface area (Å²) in [4.78, 5) is 46.8. The van der Waals surface area contributed by atoms with E-state index in [1.54, 1.807) is 30.3 Å². The van der Waals surface area contributed by atoms with Gasteiger partial charge >= 0.3 is 24.1 Å². The zero-order chi connectivity index (χ0) is 29.9. The van der Waals surface area contributed by atoms with E-state index < -0.39 is 34.7 Å². The van der Waals surface area contributed by atoms with Crippen molar-refractivity contribution in [1.29, 1.82) is 0 Å². The van der Waals surface area contributed by atoms with Crippen molar-refractivity contribution in [2.24, 2.45) is 0 Å². The fraction of sp³-hybridized carbons (Fsp3) is 0.0800. The number of nitrogens with zero attached hydrogens (tertiary/aromatic N) is 1. The lowest BCUT2D eigenvalue weighted by Gasteiger charge is -2.12. The number of pyridine rings is 1. The van der Waals surface area contributed by atoms with Gasteiger partial charge in [-0.05, 0) is 48.5 Å². The molecule has 0 spiro atoms. The highest BCUT2D eigenvalue weighted by Gasteiger charge is 2.33. The van der Waals surface area contributed by atoms with Crippen LogP contribution in [0.2, 0.25) is 5.02 Å². The maximum Gasteiger partial charge on any atom is 0.417 e. The summed E-state index contributed by atoms with van der Waals surface area (Å²) >= 11 is 5.57. The maximum atomic E-state index is 12.9. The van der Waals surface area contributed by atoms with E-state index in [2.05, 4.69) is 20.9 Å². The van der Waals surface area contributed by atoms with Gasteiger partial charge in [-0.15, -0.1) is 0 Å². The second-order valence-corrected chi connectivity index (χ2v) is 7.77. The number of aromatic nitrogens is 1. The number of carbonyl (C=O) groups is 4. The number of urea groups is 1. The smallest absolute Gasteiger partial charge is 0.417 e. The van der Waals surface area contributed by atoms with E-state index in [-0.39, 0.29) is 17.3 Å². The van der Waals surface area contributed by atoms with Gasteiger partial charge in [-0.25, -0.2) is 14.4 Å². The SMILES string of the molecule is CNC(=O)c1cc(Oc2ccc(NC(=O)Nc3ccc(Cl)c(C(F)(F)F)c3)cc2)ccn1.O=C(O)C=CC(=O)O. The quantitative estimate of drug-likeness (QED) is 0.236. The standard InChI is InChI=1S/C21H16ClF3N4O3.C4H4O4/c1-26-19(30)18-11-15(8-9-27-18)32-14-5-2-12(3-6-14)28-20(31)29-13-4-7-17(22)16(10-13)21(23,24)25;5-3(6)1-2-4(7)8/h2-11H,1H3,(H,26,30)(H2,28,29,31);1-2H,(H,5,6)(H,7,8). The summed E-state index contributed by atoms with van der Waals surface area (Å²) in [5.41, 5.74) is -0.547. The van der Waals surface area contributed by atoms with Crippen molar-refractivity contribution >= 4 is 46.9 Å². The number of hydrogen-bond donors (Lipinski definition) is 5. The Labute approximate surface area is 229 Å². The molecule has 0 atom stereocenters.